The number of benzene rings is 2. The Kier molecular flexibility index (Phi) is 6.46. The van der Waals surface area contributed by atoms with Gasteiger partial charge in [-0.15, -0.1) is 0 Å². The molecule has 0 fully saturated rings. The summed E-state index contributed by atoms with van der Waals surface area (Å²) >= 11 is 3.43. The predicted molar refractivity (Wildman–Crippen MR) is 110 cm³/mol. The van der Waals surface area contributed by atoms with Gasteiger partial charge in [-0.25, -0.2) is 0 Å². The molecular weight excluding hydrogens is 422 g/mol. The number of carbonyl (C=O) groups excluding carboxylic acids is 1. The van der Waals surface area contributed by atoms with E-state index >= 15 is 0 Å². The van der Waals surface area contributed by atoms with Crippen LogP contribution in [0.2, 0.25) is 0 Å². The lowest BCUT2D eigenvalue weighted by atomic mass is 10.1. The summed E-state index contributed by atoms with van der Waals surface area (Å²) in [7, 11) is 0. The average Bonchev–Trinajstić information content (AvgIpc) is 3.15. The van der Waals surface area contributed by atoms with Crippen molar-refractivity contribution in [3.05, 3.63) is 63.9 Å². The van der Waals surface area contributed by atoms with Crippen LogP contribution in [0.15, 0.2) is 51.5 Å². The van der Waals surface area contributed by atoms with Crippen LogP contribution >= 0.6 is 15.9 Å². The summed E-state index contributed by atoms with van der Waals surface area (Å²) in [6.45, 7) is 5.85. The molecule has 6 nitrogen and oxygen atoms in total. The molecule has 3 rings (SSSR count). The lowest BCUT2D eigenvalue weighted by molar-refractivity contribution is -0.123. The van der Waals surface area contributed by atoms with Gasteiger partial charge in [0.25, 0.3) is 11.8 Å². The number of aryl methyl sites for hydroxylation is 2. The van der Waals surface area contributed by atoms with E-state index in [1.54, 1.807) is 0 Å². The molecule has 0 aliphatic carbocycles. The first kappa shape index (κ1) is 20.1. The zero-order valence-electron chi connectivity index (χ0n) is 16.0. The van der Waals surface area contributed by atoms with Crippen LogP contribution in [0.4, 0.5) is 0 Å². The maximum Gasteiger partial charge on any atom is 0.258 e. The fourth-order valence-electron chi connectivity index (χ4n) is 2.80. The highest BCUT2D eigenvalue weighted by Crippen LogP contribution is 2.23. The zero-order valence-corrected chi connectivity index (χ0v) is 17.6. The average molecular weight is 444 g/mol. The van der Waals surface area contributed by atoms with Crippen LogP contribution in [0.3, 0.4) is 0 Å². The SMILES string of the molecule is CC[C@@H](NC(=O)COc1ccc(C)cc1C)c1noc(-c2cccc(Br)c2)n1. The minimum Gasteiger partial charge on any atom is -0.484 e. The fraction of sp³-hybridized carbons (Fsp3) is 0.286. The van der Waals surface area contributed by atoms with Gasteiger partial charge in [0.2, 0.25) is 0 Å². The van der Waals surface area contributed by atoms with Gasteiger partial charge < -0.3 is 14.6 Å². The smallest absolute Gasteiger partial charge is 0.258 e. The number of nitrogens with one attached hydrogen (secondary N) is 1. The Labute approximate surface area is 172 Å². The minimum atomic E-state index is -0.347. The highest BCUT2D eigenvalue weighted by Gasteiger charge is 2.20. The van der Waals surface area contributed by atoms with Gasteiger partial charge >= 0.3 is 0 Å². The lowest BCUT2D eigenvalue weighted by Crippen LogP contribution is -2.33. The number of ether oxygens (including phenoxy) is 1. The van der Waals surface area contributed by atoms with Crippen molar-refractivity contribution in [3.63, 3.8) is 0 Å². The monoisotopic (exact) mass is 443 g/mol. The van der Waals surface area contributed by atoms with Gasteiger partial charge in [0.1, 0.15) is 5.75 Å². The molecule has 7 heteroatoms. The molecule has 1 aromatic heterocycles. The van der Waals surface area contributed by atoms with E-state index in [-0.39, 0.29) is 18.6 Å². The van der Waals surface area contributed by atoms with E-state index in [1.807, 2.05) is 63.2 Å². The molecule has 0 aliphatic rings. The second kappa shape index (κ2) is 9.01. The molecule has 28 heavy (non-hydrogen) atoms. The molecule has 146 valence electrons. The van der Waals surface area contributed by atoms with Gasteiger partial charge in [-0.05, 0) is 50.1 Å². The second-order valence-electron chi connectivity index (χ2n) is 6.55. The first-order valence-electron chi connectivity index (χ1n) is 9.05. The molecule has 1 atom stereocenters. The van der Waals surface area contributed by atoms with E-state index in [0.717, 1.165) is 21.2 Å². The van der Waals surface area contributed by atoms with Crippen LogP contribution in [0, 0.1) is 13.8 Å². The Bertz CT molecular complexity index is 971. The summed E-state index contributed by atoms with van der Waals surface area (Å²) < 4.78 is 11.9. The largest absolute Gasteiger partial charge is 0.484 e. The van der Waals surface area contributed by atoms with Gasteiger partial charge in [0, 0.05) is 10.0 Å². The summed E-state index contributed by atoms with van der Waals surface area (Å²) in [5.74, 6) is 1.32. The highest BCUT2D eigenvalue weighted by molar-refractivity contribution is 9.10. The molecule has 0 unspecified atom stereocenters. The van der Waals surface area contributed by atoms with Crippen LogP contribution in [0.1, 0.15) is 36.3 Å². The Morgan fingerprint density at radius 2 is 2.07 bits per heavy atom. The van der Waals surface area contributed by atoms with E-state index in [9.17, 15) is 4.79 Å². The van der Waals surface area contributed by atoms with Crippen LogP contribution < -0.4 is 10.1 Å². The van der Waals surface area contributed by atoms with Crippen molar-refractivity contribution in [2.24, 2.45) is 0 Å². The molecule has 1 N–H and O–H groups in total. The highest BCUT2D eigenvalue weighted by atomic mass is 79.9. The number of halogens is 1. The van der Waals surface area contributed by atoms with Gasteiger partial charge in [0.05, 0.1) is 6.04 Å². The van der Waals surface area contributed by atoms with Crippen molar-refractivity contribution in [3.8, 4) is 17.2 Å². The van der Waals surface area contributed by atoms with Crippen molar-refractivity contribution in [1.29, 1.82) is 0 Å². The summed E-state index contributed by atoms with van der Waals surface area (Å²) in [4.78, 5) is 16.8. The van der Waals surface area contributed by atoms with E-state index in [4.69, 9.17) is 9.26 Å². The number of nitrogens with zero attached hydrogens (tertiary/aromatic N) is 2. The third-order valence-corrected chi connectivity index (χ3v) is 4.75. The summed E-state index contributed by atoms with van der Waals surface area (Å²) in [6.07, 6.45) is 0.632. The number of aromatic nitrogens is 2. The molecule has 0 saturated carbocycles. The Hall–Kier alpha value is -2.67. The van der Waals surface area contributed by atoms with Gasteiger partial charge in [-0.2, -0.15) is 4.98 Å². The van der Waals surface area contributed by atoms with E-state index < -0.39 is 0 Å². The quantitative estimate of drug-likeness (QED) is 0.569. The number of hydrogen-bond acceptors (Lipinski definition) is 5. The standard InChI is InChI=1S/C21H22BrN3O3/c1-4-17(20-24-21(28-25-20)15-6-5-7-16(22)11-15)23-19(26)12-27-18-9-8-13(2)10-14(18)3/h5-11,17H,4,12H2,1-3H3,(H,23,26)/t17-/m1/s1. The first-order valence-corrected chi connectivity index (χ1v) is 9.84. The molecule has 0 spiro atoms. The number of hydrogen-bond donors (Lipinski definition) is 1. The van der Waals surface area contributed by atoms with Crippen molar-refractivity contribution < 1.29 is 14.1 Å². The van der Waals surface area contributed by atoms with Crippen LogP contribution in [0.5, 0.6) is 5.75 Å². The van der Waals surface area contributed by atoms with Crippen molar-refractivity contribution >= 4 is 21.8 Å². The number of amides is 1. The normalized spacial score (nSPS) is 11.9. The topological polar surface area (TPSA) is 77.2 Å². The number of carbonyl (C=O) groups is 1. The van der Waals surface area contributed by atoms with Crippen molar-refractivity contribution in [2.75, 3.05) is 6.61 Å². The van der Waals surface area contributed by atoms with Crippen LogP contribution in [-0.4, -0.2) is 22.7 Å². The van der Waals surface area contributed by atoms with E-state index in [2.05, 4.69) is 31.4 Å². The minimum absolute atomic E-state index is 0.0727. The molecule has 0 aliphatic heterocycles. The summed E-state index contributed by atoms with van der Waals surface area (Å²) in [5, 5.41) is 6.93. The maximum absolute atomic E-state index is 12.3. The third-order valence-electron chi connectivity index (χ3n) is 4.26. The maximum atomic E-state index is 12.3. The molecule has 2 aromatic carbocycles. The van der Waals surface area contributed by atoms with Gasteiger partial charge in [-0.3, -0.25) is 4.79 Å². The van der Waals surface area contributed by atoms with Crippen LogP contribution in [-0.2, 0) is 4.79 Å². The summed E-state index contributed by atoms with van der Waals surface area (Å²) in [5.41, 5.74) is 2.96. The Morgan fingerprint density at radius 3 is 2.79 bits per heavy atom. The van der Waals surface area contributed by atoms with Crippen molar-refractivity contribution in [1.82, 2.24) is 15.5 Å². The molecule has 0 radical (unpaired) electrons. The number of rotatable bonds is 7. The van der Waals surface area contributed by atoms with Gasteiger partial charge in [-0.1, -0.05) is 51.8 Å². The first-order chi connectivity index (χ1) is 13.5. The predicted octanol–water partition coefficient (Wildman–Crippen LogP) is 4.76. The molecule has 3 aromatic rings. The van der Waals surface area contributed by atoms with Crippen molar-refractivity contribution in [2.45, 2.75) is 33.2 Å². The third kappa shape index (κ3) is 4.98. The summed E-state index contributed by atoms with van der Waals surface area (Å²) in [6, 6.07) is 13.1. The molecule has 0 saturated heterocycles. The van der Waals surface area contributed by atoms with Crippen LogP contribution in [0.25, 0.3) is 11.5 Å². The van der Waals surface area contributed by atoms with E-state index in [0.29, 0.717) is 23.9 Å². The molecule has 1 amide bonds. The van der Waals surface area contributed by atoms with Gasteiger partial charge in [0.15, 0.2) is 12.4 Å². The zero-order chi connectivity index (χ0) is 20.1. The Balaban J connectivity index is 1.63. The Morgan fingerprint density at radius 1 is 1.25 bits per heavy atom. The lowest BCUT2D eigenvalue weighted by Gasteiger charge is -2.14. The molecule has 1 heterocycles. The molecule has 0 bridgehead atoms. The van der Waals surface area contributed by atoms with E-state index in [1.165, 1.54) is 0 Å². The second-order valence-corrected chi connectivity index (χ2v) is 7.47. The molecular formula is C21H22BrN3O3. The fourth-order valence-corrected chi connectivity index (χ4v) is 3.20.